The molecule has 1 aromatic heterocycles. The monoisotopic (exact) mass is 308 g/mol. The van der Waals surface area contributed by atoms with Gasteiger partial charge in [-0.05, 0) is 25.0 Å². The molecule has 2 rings (SSSR count). The lowest BCUT2D eigenvalue weighted by atomic mass is 10.1. The second-order valence-corrected chi connectivity index (χ2v) is 5.00. The molecular formula is C13H16ClF3N2O. The van der Waals surface area contributed by atoms with Gasteiger partial charge < -0.3 is 9.64 Å². The summed E-state index contributed by atoms with van der Waals surface area (Å²) in [6.45, 7) is 1.49. The minimum Gasteiger partial charge on any atom is -0.377 e. The minimum atomic E-state index is -4.38. The molecule has 0 atom stereocenters. The number of nitrogens with zero attached hydrogens (tertiary/aromatic N) is 2. The lowest BCUT2D eigenvalue weighted by molar-refractivity contribution is -0.137. The molecule has 1 aliphatic rings. The number of alkyl halides is 4. The van der Waals surface area contributed by atoms with Gasteiger partial charge in [-0.15, -0.1) is 11.6 Å². The van der Waals surface area contributed by atoms with Gasteiger partial charge in [-0.25, -0.2) is 4.98 Å². The van der Waals surface area contributed by atoms with Crippen LogP contribution in [-0.4, -0.2) is 36.7 Å². The minimum absolute atomic E-state index is 0.00999. The Morgan fingerprint density at radius 3 is 2.65 bits per heavy atom. The van der Waals surface area contributed by atoms with Crippen molar-refractivity contribution in [3.05, 3.63) is 23.9 Å². The van der Waals surface area contributed by atoms with Crippen LogP contribution in [0.5, 0.6) is 0 Å². The molecule has 0 radical (unpaired) electrons. The number of aromatic nitrogens is 1. The van der Waals surface area contributed by atoms with E-state index in [1.54, 1.807) is 4.90 Å². The van der Waals surface area contributed by atoms with Crippen LogP contribution in [0.1, 0.15) is 18.4 Å². The van der Waals surface area contributed by atoms with Gasteiger partial charge in [0, 0.05) is 25.2 Å². The number of pyridine rings is 1. The molecule has 112 valence electrons. The van der Waals surface area contributed by atoms with Crippen molar-refractivity contribution in [1.29, 1.82) is 0 Å². The van der Waals surface area contributed by atoms with E-state index in [0.29, 0.717) is 38.4 Å². The van der Waals surface area contributed by atoms with Gasteiger partial charge in [-0.2, -0.15) is 13.2 Å². The molecule has 1 fully saturated rings. The predicted octanol–water partition coefficient (Wildman–Crippen LogP) is 3.32. The highest BCUT2D eigenvalue weighted by Gasteiger charge is 2.36. The molecule has 2 heterocycles. The van der Waals surface area contributed by atoms with Crippen LogP contribution in [0, 0.1) is 0 Å². The van der Waals surface area contributed by atoms with Crippen LogP contribution in [-0.2, 0) is 10.9 Å². The molecule has 3 nitrogen and oxygen atoms in total. The molecular weight excluding hydrogens is 293 g/mol. The van der Waals surface area contributed by atoms with Crippen molar-refractivity contribution in [2.75, 3.05) is 30.5 Å². The molecule has 0 aromatic carbocycles. The number of hydrogen-bond donors (Lipinski definition) is 0. The van der Waals surface area contributed by atoms with E-state index in [1.807, 2.05) is 0 Å². The first-order valence-electron chi connectivity index (χ1n) is 6.47. The average Bonchev–Trinajstić information content (AvgIpc) is 2.45. The van der Waals surface area contributed by atoms with Gasteiger partial charge >= 0.3 is 6.18 Å². The number of ether oxygens (including phenoxy) is 1. The van der Waals surface area contributed by atoms with Gasteiger partial charge in [0.15, 0.2) is 0 Å². The largest absolute Gasteiger partial charge is 0.419 e. The molecule has 1 aromatic rings. The van der Waals surface area contributed by atoms with Gasteiger partial charge in [0.05, 0.1) is 18.3 Å². The maximum absolute atomic E-state index is 12.9. The van der Waals surface area contributed by atoms with Crippen molar-refractivity contribution in [1.82, 2.24) is 4.98 Å². The summed E-state index contributed by atoms with van der Waals surface area (Å²) in [5, 5.41) is 0. The topological polar surface area (TPSA) is 25.4 Å². The Kier molecular flexibility index (Phi) is 5.10. The summed E-state index contributed by atoms with van der Waals surface area (Å²) < 4.78 is 44.3. The number of anilines is 1. The maximum atomic E-state index is 12.9. The number of rotatable bonds is 4. The van der Waals surface area contributed by atoms with Gasteiger partial charge in [-0.1, -0.05) is 0 Å². The summed E-state index contributed by atoms with van der Waals surface area (Å²) in [5.41, 5.74) is -0.680. The van der Waals surface area contributed by atoms with E-state index in [1.165, 1.54) is 12.3 Å². The van der Waals surface area contributed by atoms with Crippen LogP contribution in [0.15, 0.2) is 18.3 Å². The first-order chi connectivity index (χ1) is 9.52. The van der Waals surface area contributed by atoms with E-state index in [-0.39, 0.29) is 11.9 Å². The lowest BCUT2D eigenvalue weighted by Crippen LogP contribution is -2.38. The van der Waals surface area contributed by atoms with Gasteiger partial charge in [0.2, 0.25) is 0 Å². The van der Waals surface area contributed by atoms with Crippen LogP contribution in [0.3, 0.4) is 0 Å². The van der Waals surface area contributed by atoms with E-state index in [9.17, 15) is 13.2 Å². The second kappa shape index (κ2) is 6.63. The third kappa shape index (κ3) is 3.76. The summed E-state index contributed by atoms with van der Waals surface area (Å²) >= 11 is 5.55. The first-order valence-corrected chi connectivity index (χ1v) is 7.00. The fourth-order valence-electron chi connectivity index (χ4n) is 2.32. The van der Waals surface area contributed by atoms with Crippen molar-refractivity contribution in [3.8, 4) is 0 Å². The fourth-order valence-corrected chi connectivity index (χ4v) is 2.40. The maximum Gasteiger partial charge on any atom is 0.419 e. The second-order valence-electron chi connectivity index (χ2n) is 4.62. The molecule has 1 aliphatic heterocycles. The molecule has 0 N–H and O–H groups in total. The third-order valence-electron chi connectivity index (χ3n) is 3.26. The van der Waals surface area contributed by atoms with E-state index >= 15 is 0 Å². The zero-order valence-electron chi connectivity index (χ0n) is 10.9. The molecule has 0 amide bonds. The predicted molar refractivity (Wildman–Crippen MR) is 71.1 cm³/mol. The Morgan fingerprint density at radius 2 is 2.05 bits per heavy atom. The Labute approximate surface area is 120 Å². The summed E-state index contributed by atoms with van der Waals surface area (Å²) in [7, 11) is 0. The Balaban J connectivity index is 2.04. The summed E-state index contributed by atoms with van der Waals surface area (Å²) in [6.07, 6.45) is -1.55. The normalized spacial score (nSPS) is 17.5. The number of hydrogen-bond acceptors (Lipinski definition) is 3. The van der Waals surface area contributed by atoms with Crippen LogP contribution < -0.4 is 4.90 Å². The summed E-state index contributed by atoms with van der Waals surface area (Å²) in [4.78, 5) is 5.57. The molecule has 0 aliphatic carbocycles. The number of halogens is 4. The van der Waals surface area contributed by atoms with Crippen LogP contribution in [0.2, 0.25) is 0 Å². The highest BCUT2D eigenvalue weighted by Crippen LogP contribution is 2.36. The highest BCUT2D eigenvalue weighted by molar-refractivity contribution is 6.17. The van der Waals surface area contributed by atoms with Crippen molar-refractivity contribution in [2.45, 2.75) is 25.1 Å². The van der Waals surface area contributed by atoms with Crippen molar-refractivity contribution >= 4 is 17.4 Å². The molecule has 0 spiro atoms. The van der Waals surface area contributed by atoms with Crippen molar-refractivity contribution in [3.63, 3.8) is 0 Å². The quantitative estimate of drug-likeness (QED) is 0.798. The number of piperidine rings is 1. The molecule has 1 saturated heterocycles. The van der Waals surface area contributed by atoms with Crippen LogP contribution >= 0.6 is 11.6 Å². The average molecular weight is 309 g/mol. The fraction of sp³-hybridized carbons (Fsp3) is 0.615. The first kappa shape index (κ1) is 15.4. The third-order valence-corrected chi connectivity index (χ3v) is 3.42. The molecule has 0 unspecified atom stereocenters. The summed E-state index contributed by atoms with van der Waals surface area (Å²) in [5.74, 6) is 0.439. The van der Waals surface area contributed by atoms with Crippen molar-refractivity contribution in [2.24, 2.45) is 0 Å². The van der Waals surface area contributed by atoms with Gasteiger partial charge in [-0.3, -0.25) is 0 Å². The van der Waals surface area contributed by atoms with Crippen molar-refractivity contribution < 1.29 is 17.9 Å². The molecule has 7 heteroatoms. The van der Waals surface area contributed by atoms with E-state index in [4.69, 9.17) is 16.3 Å². The van der Waals surface area contributed by atoms with Gasteiger partial charge in [0.1, 0.15) is 5.82 Å². The van der Waals surface area contributed by atoms with E-state index in [0.717, 1.165) is 6.07 Å². The Bertz CT molecular complexity index is 434. The highest BCUT2D eigenvalue weighted by atomic mass is 35.5. The lowest BCUT2D eigenvalue weighted by Gasteiger charge is -2.33. The van der Waals surface area contributed by atoms with Crippen LogP contribution in [0.4, 0.5) is 19.0 Å². The molecule has 20 heavy (non-hydrogen) atoms. The summed E-state index contributed by atoms with van der Waals surface area (Å²) in [6, 6.07) is 2.38. The van der Waals surface area contributed by atoms with E-state index in [2.05, 4.69) is 4.98 Å². The molecule has 0 bridgehead atoms. The van der Waals surface area contributed by atoms with Gasteiger partial charge in [0.25, 0.3) is 0 Å². The Morgan fingerprint density at radius 1 is 1.35 bits per heavy atom. The smallest absolute Gasteiger partial charge is 0.377 e. The SMILES string of the molecule is FC(F)(F)c1cccnc1N1CCC(OCCCl)CC1. The standard InChI is InChI=1S/C13H16ClF3N2O/c14-5-9-20-10-3-7-19(8-4-10)12-11(13(15,16)17)2-1-6-18-12/h1-2,6,10H,3-5,7-9H2. The molecule has 0 saturated carbocycles. The zero-order valence-corrected chi connectivity index (χ0v) is 11.6. The zero-order chi connectivity index (χ0) is 14.6. The Hall–Kier alpha value is -1.01. The van der Waals surface area contributed by atoms with Crippen LogP contribution in [0.25, 0.3) is 0 Å². The van der Waals surface area contributed by atoms with E-state index < -0.39 is 11.7 Å².